The first-order valence-electron chi connectivity index (χ1n) is 7.68. The maximum Gasteiger partial charge on any atom is 0.243 e. The Balaban J connectivity index is 2.07. The molecule has 1 N–H and O–H groups in total. The Bertz CT molecular complexity index is 886. The maximum absolute atomic E-state index is 12.6. The second kappa shape index (κ2) is 7.51. The van der Waals surface area contributed by atoms with Crippen LogP contribution in [0.15, 0.2) is 29.2 Å². The lowest BCUT2D eigenvalue weighted by molar-refractivity contribution is -0.121. The zero-order valence-corrected chi connectivity index (χ0v) is 15.3. The van der Waals surface area contributed by atoms with Crippen LogP contribution in [0.4, 0.5) is 0 Å². The third kappa shape index (κ3) is 4.78. The van der Waals surface area contributed by atoms with Gasteiger partial charge in [-0.1, -0.05) is 6.92 Å². The van der Waals surface area contributed by atoms with E-state index in [1.165, 1.54) is 24.3 Å². The summed E-state index contributed by atoms with van der Waals surface area (Å²) in [7, 11) is -7.01. The summed E-state index contributed by atoms with van der Waals surface area (Å²) < 4.78 is 49.1. The zero-order valence-electron chi connectivity index (χ0n) is 13.7. The Labute approximate surface area is 147 Å². The molecule has 1 saturated heterocycles. The van der Waals surface area contributed by atoms with E-state index in [9.17, 15) is 21.6 Å². The molecular weight excluding hydrogens is 366 g/mol. The van der Waals surface area contributed by atoms with Gasteiger partial charge < -0.3 is 5.32 Å². The van der Waals surface area contributed by atoms with E-state index in [-0.39, 0.29) is 22.9 Å². The predicted molar refractivity (Wildman–Crippen MR) is 90.8 cm³/mol. The molecule has 0 saturated carbocycles. The highest BCUT2D eigenvalue weighted by Crippen LogP contribution is 2.16. The highest BCUT2D eigenvalue weighted by Gasteiger charge is 2.31. The van der Waals surface area contributed by atoms with Crippen LogP contribution in [0.25, 0.3) is 0 Å². The molecule has 1 aromatic rings. The highest BCUT2D eigenvalue weighted by molar-refractivity contribution is 7.91. The van der Waals surface area contributed by atoms with Gasteiger partial charge in [-0.25, -0.2) is 16.8 Å². The fraction of sp³-hybridized carbons (Fsp3) is 0.467. The number of nitrogens with one attached hydrogen (secondary N) is 1. The van der Waals surface area contributed by atoms with E-state index in [2.05, 4.69) is 5.32 Å². The quantitative estimate of drug-likeness (QED) is 0.727. The van der Waals surface area contributed by atoms with E-state index in [0.717, 1.165) is 4.31 Å². The summed E-state index contributed by atoms with van der Waals surface area (Å²) >= 11 is 0. The predicted octanol–water partition coefficient (Wildman–Crippen LogP) is -0.128. The molecule has 0 bridgehead atoms. The first-order chi connectivity index (χ1) is 11.7. The molecule has 0 aromatic heterocycles. The molecule has 1 fully saturated rings. The molecule has 1 heterocycles. The van der Waals surface area contributed by atoms with Crippen molar-refractivity contribution in [1.29, 1.82) is 5.26 Å². The standard InChI is InChI=1S/C15H19N3O5S2/c1-2-18(10-15(19)17-13-7-8-24(20,21)11-13)25(22,23)14-5-3-12(9-16)4-6-14/h3-6,13H,2,7-8,10-11H2,1H3,(H,17,19). The van der Waals surface area contributed by atoms with Crippen LogP contribution < -0.4 is 5.32 Å². The van der Waals surface area contributed by atoms with Crippen LogP contribution in [-0.4, -0.2) is 57.7 Å². The van der Waals surface area contributed by atoms with Crippen LogP contribution in [0.5, 0.6) is 0 Å². The average Bonchev–Trinajstić information content (AvgIpc) is 2.91. The molecule has 1 aliphatic heterocycles. The number of amides is 1. The lowest BCUT2D eigenvalue weighted by Crippen LogP contribution is -2.44. The van der Waals surface area contributed by atoms with Gasteiger partial charge in [0.05, 0.1) is 34.6 Å². The minimum absolute atomic E-state index is 0.00964. The van der Waals surface area contributed by atoms with Gasteiger partial charge in [-0.3, -0.25) is 4.79 Å². The fourth-order valence-electron chi connectivity index (χ4n) is 2.56. The number of rotatable bonds is 6. The number of likely N-dealkylation sites (N-methyl/N-ethyl adjacent to an activating group) is 1. The van der Waals surface area contributed by atoms with Crippen molar-refractivity contribution in [2.75, 3.05) is 24.6 Å². The van der Waals surface area contributed by atoms with Gasteiger partial charge in [0.2, 0.25) is 15.9 Å². The van der Waals surface area contributed by atoms with Crippen molar-refractivity contribution < 1.29 is 21.6 Å². The number of benzene rings is 1. The van der Waals surface area contributed by atoms with Gasteiger partial charge in [0.15, 0.2) is 9.84 Å². The molecule has 1 unspecified atom stereocenters. The lowest BCUT2D eigenvalue weighted by atomic mass is 10.2. The molecule has 8 nitrogen and oxygen atoms in total. The minimum Gasteiger partial charge on any atom is -0.351 e. The van der Waals surface area contributed by atoms with Crippen molar-refractivity contribution in [1.82, 2.24) is 9.62 Å². The summed E-state index contributed by atoms with van der Waals surface area (Å²) in [5.41, 5.74) is 0.335. The first kappa shape index (κ1) is 19.4. The molecule has 1 atom stereocenters. The first-order valence-corrected chi connectivity index (χ1v) is 10.9. The second-order valence-electron chi connectivity index (χ2n) is 5.73. The molecule has 10 heteroatoms. The smallest absolute Gasteiger partial charge is 0.243 e. The molecule has 0 spiro atoms. The normalized spacial score (nSPS) is 19.5. The Hall–Kier alpha value is -1.96. The van der Waals surface area contributed by atoms with Gasteiger partial charge in [0.1, 0.15) is 0 Å². The fourth-order valence-corrected chi connectivity index (χ4v) is 5.64. The molecule has 1 amide bonds. The Kier molecular flexibility index (Phi) is 5.82. The minimum atomic E-state index is -3.88. The van der Waals surface area contributed by atoms with E-state index >= 15 is 0 Å². The van der Waals surface area contributed by atoms with Crippen molar-refractivity contribution in [2.24, 2.45) is 0 Å². The highest BCUT2D eigenvalue weighted by atomic mass is 32.2. The maximum atomic E-state index is 12.6. The number of sulfonamides is 1. The van der Waals surface area contributed by atoms with Crippen LogP contribution in [0, 0.1) is 11.3 Å². The zero-order chi connectivity index (χ0) is 18.7. The van der Waals surface area contributed by atoms with Crippen LogP contribution in [0.1, 0.15) is 18.9 Å². The van der Waals surface area contributed by atoms with Crippen molar-refractivity contribution in [3.05, 3.63) is 29.8 Å². The van der Waals surface area contributed by atoms with Crippen molar-refractivity contribution in [3.63, 3.8) is 0 Å². The molecule has 0 radical (unpaired) electrons. The van der Waals surface area contributed by atoms with E-state index < -0.39 is 38.4 Å². The molecule has 1 aromatic carbocycles. The average molecular weight is 385 g/mol. The SMILES string of the molecule is CCN(CC(=O)NC1CCS(=O)(=O)C1)S(=O)(=O)c1ccc(C#N)cc1. The molecule has 0 aliphatic carbocycles. The van der Waals surface area contributed by atoms with Gasteiger partial charge in [-0.15, -0.1) is 0 Å². The summed E-state index contributed by atoms with van der Waals surface area (Å²) in [5.74, 6) is -0.632. The molecule has 25 heavy (non-hydrogen) atoms. The van der Waals surface area contributed by atoms with Crippen molar-refractivity contribution in [3.8, 4) is 6.07 Å². The Morgan fingerprint density at radius 2 is 2.00 bits per heavy atom. The third-order valence-corrected chi connectivity index (χ3v) is 7.59. The summed E-state index contributed by atoms with van der Waals surface area (Å²) in [6, 6.07) is 6.85. The van der Waals surface area contributed by atoms with Gasteiger partial charge in [0.25, 0.3) is 0 Å². The number of hydrogen-bond donors (Lipinski definition) is 1. The summed E-state index contributed by atoms with van der Waals surface area (Å²) in [6.07, 6.45) is 0.336. The number of sulfone groups is 1. The van der Waals surface area contributed by atoms with E-state index in [0.29, 0.717) is 12.0 Å². The largest absolute Gasteiger partial charge is 0.351 e. The summed E-state index contributed by atoms with van der Waals surface area (Å²) in [4.78, 5) is 12.1. The molecule has 2 rings (SSSR count). The number of carbonyl (C=O) groups excluding carboxylic acids is 1. The number of carbonyl (C=O) groups is 1. The van der Waals surface area contributed by atoms with Gasteiger partial charge in [0, 0.05) is 12.6 Å². The Morgan fingerprint density at radius 1 is 1.36 bits per heavy atom. The molecule has 136 valence electrons. The van der Waals surface area contributed by atoms with Gasteiger partial charge in [-0.05, 0) is 30.7 Å². The summed E-state index contributed by atoms with van der Waals surface area (Å²) in [5, 5.41) is 11.3. The monoisotopic (exact) mass is 385 g/mol. The number of nitriles is 1. The van der Waals surface area contributed by atoms with Crippen molar-refractivity contribution >= 4 is 25.8 Å². The van der Waals surface area contributed by atoms with Crippen molar-refractivity contribution in [2.45, 2.75) is 24.3 Å². The topological polar surface area (TPSA) is 124 Å². The molecular formula is C15H19N3O5S2. The Morgan fingerprint density at radius 3 is 2.48 bits per heavy atom. The van der Waals surface area contributed by atoms with E-state index in [1.807, 2.05) is 6.07 Å². The van der Waals surface area contributed by atoms with Crippen LogP contribution in [-0.2, 0) is 24.7 Å². The van der Waals surface area contributed by atoms with E-state index in [1.54, 1.807) is 6.92 Å². The van der Waals surface area contributed by atoms with Gasteiger partial charge >= 0.3 is 0 Å². The number of hydrogen-bond acceptors (Lipinski definition) is 6. The third-order valence-electron chi connectivity index (χ3n) is 3.89. The van der Waals surface area contributed by atoms with E-state index in [4.69, 9.17) is 5.26 Å². The molecule has 1 aliphatic rings. The number of nitrogens with zero attached hydrogens (tertiary/aromatic N) is 2. The summed E-state index contributed by atoms with van der Waals surface area (Å²) in [6.45, 7) is 1.29. The van der Waals surface area contributed by atoms with Crippen LogP contribution in [0.3, 0.4) is 0 Å². The van der Waals surface area contributed by atoms with Gasteiger partial charge in [-0.2, -0.15) is 9.57 Å². The van der Waals surface area contributed by atoms with Crippen LogP contribution in [0.2, 0.25) is 0 Å². The lowest BCUT2D eigenvalue weighted by Gasteiger charge is -2.21. The van der Waals surface area contributed by atoms with Crippen LogP contribution >= 0.6 is 0 Å². The second-order valence-corrected chi connectivity index (χ2v) is 9.90.